The van der Waals surface area contributed by atoms with E-state index in [4.69, 9.17) is 4.74 Å². The minimum Gasteiger partial charge on any atom is -0.396 e. The van der Waals surface area contributed by atoms with E-state index in [0.717, 1.165) is 44.7 Å². The van der Waals surface area contributed by atoms with E-state index in [1.807, 2.05) is 6.20 Å². The van der Waals surface area contributed by atoms with Crippen LogP contribution >= 0.6 is 0 Å². The second kappa shape index (κ2) is 4.78. The van der Waals surface area contributed by atoms with Gasteiger partial charge in [-0.2, -0.15) is 0 Å². The Balaban J connectivity index is 1.74. The second-order valence-corrected chi connectivity index (χ2v) is 5.20. The Bertz CT molecular complexity index is 383. The summed E-state index contributed by atoms with van der Waals surface area (Å²) in [5, 5.41) is 9.27. The topological polar surface area (TPSA) is 47.3 Å². The number of imidazole rings is 1. The first-order valence-corrected chi connectivity index (χ1v) is 6.62. The van der Waals surface area contributed by atoms with E-state index in [-0.39, 0.29) is 6.61 Å². The molecule has 0 radical (unpaired) electrons. The molecule has 2 aliphatic rings. The fourth-order valence-electron chi connectivity index (χ4n) is 2.90. The van der Waals surface area contributed by atoms with Gasteiger partial charge in [-0.3, -0.25) is 0 Å². The van der Waals surface area contributed by atoms with Crippen molar-refractivity contribution >= 4 is 0 Å². The van der Waals surface area contributed by atoms with E-state index < -0.39 is 0 Å². The summed E-state index contributed by atoms with van der Waals surface area (Å²) < 4.78 is 7.97. The molecular weight excluding hydrogens is 216 g/mol. The minimum absolute atomic E-state index is 0.289. The first-order valence-electron chi connectivity index (χ1n) is 6.62. The van der Waals surface area contributed by atoms with Gasteiger partial charge in [0, 0.05) is 44.0 Å². The average molecular weight is 236 g/mol. The molecule has 1 saturated heterocycles. The Labute approximate surface area is 102 Å². The molecule has 0 bridgehead atoms. The van der Waals surface area contributed by atoms with Crippen molar-refractivity contribution in [1.29, 1.82) is 0 Å². The monoisotopic (exact) mass is 236 g/mol. The summed E-state index contributed by atoms with van der Waals surface area (Å²) in [7, 11) is 0. The molecule has 1 aromatic rings. The lowest BCUT2D eigenvalue weighted by molar-refractivity contribution is 0.108. The van der Waals surface area contributed by atoms with E-state index in [9.17, 15) is 5.11 Å². The number of ether oxygens (including phenoxy) is 1. The SMILES string of the molecule is OCC1CCc2cnc(CC3CCCO3)n2C1. The van der Waals surface area contributed by atoms with Gasteiger partial charge < -0.3 is 14.4 Å². The van der Waals surface area contributed by atoms with Crippen molar-refractivity contribution in [2.45, 2.75) is 44.8 Å². The van der Waals surface area contributed by atoms with E-state index in [0.29, 0.717) is 12.0 Å². The maximum atomic E-state index is 9.27. The highest BCUT2D eigenvalue weighted by Gasteiger charge is 2.24. The summed E-state index contributed by atoms with van der Waals surface area (Å²) in [6.45, 7) is 2.11. The lowest BCUT2D eigenvalue weighted by Gasteiger charge is -2.24. The quantitative estimate of drug-likeness (QED) is 0.856. The van der Waals surface area contributed by atoms with Crippen molar-refractivity contribution in [2.75, 3.05) is 13.2 Å². The van der Waals surface area contributed by atoms with Crippen molar-refractivity contribution in [2.24, 2.45) is 5.92 Å². The molecule has 4 nitrogen and oxygen atoms in total. The van der Waals surface area contributed by atoms with E-state index in [1.165, 1.54) is 12.1 Å². The predicted molar refractivity (Wildman–Crippen MR) is 63.8 cm³/mol. The van der Waals surface area contributed by atoms with Gasteiger partial charge in [0.25, 0.3) is 0 Å². The summed E-state index contributed by atoms with van der Waals surface area (Å²) >= 11 is 0. The molecule has 1 N–H and O–H groups in total. The number of aromatic nitrogens is 2. The van der Waals surface area contributed by atoms with Gasteiger partial charge >= 0.3 is 0 Å². The molecule has 0 amide bonds. The third-order valence-corrected chi connectivity index (χ3v) is 3.96. The Morgan fingerprint density at radius 3 is 3.18 bits per heavy atom. The van der Waals surface area contributed by atoms with Crippen LogP contribution in [0.2, 0.25) is 0 Å². The number of aliphatic hydroxyl groups is 1. The van der Waals surface area contributed by atoms with Crippen molar-refractivity contribution in [3.63, 3.8) is 0 Å². The number of nitrogens with zero attached hydrogens (tertiary/aromatic N) is 2. The molecule has 0 aromatic carbocycles. The highest BCUT2D eigenvalue weighted by Crippen LogP contribution is 2.23. The van der Waals surface area contributed by atoms with Gasteiger partial charge in [0.1, 0.15) is 5.82 Å². The minimum atomic E-state index is 0.289. The molecule has 0 spiro atoms. The molecule has 0 saturated carbocycles. The summed E-state index contributed by atoms with van der Waals surface area (Å²) in [6.07, 6.45) is 7.75. The molecule has 2 aliphatic heterocycles. The molecule has 2 atom stereocenters. The lowest BCUT2D eigenvalue weighted by atomic mass is 9.99. The Morgan fingerprint density at radius 1 is 1.47 bits per heavy atom. The second-order valence-electron chi connectivity index (χ2n) is 5.20. The van der Waals surface area contributed by atoms with Crippen LogP contribution in [-0.2, 0) is 24.1 Å². The van der Waals surface area contributed by atoms with Gasteiger partial charge in [0.15, 0.2) is 0 Å². The fraction of sp³-hybridized carbons (Fsp3) is 0.769. The summed E-state index contributed by atoms with van der Waals surface area (Å²) in [5.74, 6) is 1.55. The lowest BCUT2D eigenvalue weighted by Crippen LogP contribution is -2.25. The van der Waals surface area contributed by atoms with Gasteiger partial charge in [-0.1, -0.05) is 0 Å². The Hall–Kier alpha value is -0.870. The molecular formula is C13H20N2O2. The average Bonchev–Trinajstić information content (AvgIpc) is 2.99. The smallest absolute Gasteiger partial charge is 0.111 e. The molecule has 0 aliphatic carbocycles. The van der Waals surface area contributed by atoms with E-state index >= 15 is 0 Å². The van der Waals surface area contributed by atoms with Crippen LogP contribution in [0, 0.1) is 5.92 Å². The van der Waals surface area contributed by atoms with Crippen molar-refractivity contribution in [1.82, 2.24) is 9.55 Å². The molecule has 1 fully saturated rings. The Kier molecular flexibility index (Phi) is 3.16. The largest absolute Gasteiger partial charge is 0.396 e. The fourth-order valence-corrected chi connectivity index (χ4v) is 2.90. The molecule has 17 heavy (non-hydrogen) atoms. The van der Waals surface area contributed by atoms with Gasteiger partial charge in [0.05, 0.1) is 6.10 Å². The Morgan fingerprint density at radius 2 is 2.41 bits per heavy atom. The highest BCUT2D eigenvalue weighted by molar-refractivity contribution is 5.09. The van der Waals surface area contributed by atoms with Gasteiger partial charge in [0.2, 0.25) is 0 Å². The predicted octanol–water partition coefficient (Wildman–Crippen LogP) is 1.16. The number of rotatable bonds is 3. The van der Waals surface area contributed by atoms with E-state index in [1.54, 1.807) is 0 Å². The van der Waals surface area contributed by atoms with Crippen molar-refractivity contribution in [3.8, 4) is 0 Å². The van der Waals surface area contributed by atoms with Crippen LogP contribution in [-0.4, -0.2) is 34.0 Å². The zero-order chi connectivity index (χ0) is 11.7. The van der Waals surface area contributed by atoms with Crippen molar-refractivity contribution in [3.05, 3.63) is 17.7 Å². The van der Waals surface area contributed by atoms with Crippen molar-refractivity contribution < 1.29 is 9.84 Å². The van der Waals surface area contributed by atoms with Gasteiger partial charge in [-0.05, 0) is 25.7 Å². The summed E-state index contributed by atoms with van der Waals surface area (Å²) in [6, 6.07) is 0. The van der Waals surface area contributed by atoms with Gasteiger partial charge in [-0.25, -0.2) is 4.98 Å². The number of fused-ring (bicyclic) bond motifs is 1. The van der Waals surface area contributed by atoms with Crippen LogP contribution in [0.4, 0.5) is 0 Å². The first-order chi connectivity index (χ1) is 8.36. The van der Waals surface area contributed by atoms with E-state index in [2.05, 4.69) is 9.55 Å². The normalized spacial score (nSPS) is 28.3. The molecule has 94 valence electrons. The van der Waals surface area contributed by atoms with Gasteiger partial charge in [-0.15, -0.1) is 0 Å². The van der Waals surface area contributed by atoms with Crippen LogP contribution in [0.25, 0.3) is 0 Å². The standard InChI is InChI=1S/C13H20N2O2/c16-9-10-3-4-11-7-14-13(15(11)8-10)6-12-2-1-5-17-12/h7,10,12,16H,1-6,8-9H2. The number of hydrogen-bond donors (Lipinski definition) is 1. The van der Waals surface area contributed by atoms with Crippen LogP contribution in [0.15, 0.2) is 6.20 Å². The zero-order valence-corrected chi connectivity index (χ0v) is 10.1. The first kappa shape index (κ1) is 11.2. The molecule has 2 unspecified atom stereocenters. The zero-order valence-electron chi connectivity index (χ0n) is 10.1. The van der Waals surface area contributed by atoms with Crippen LogP contribution in [0.5, 0.6) is 0 Å². The summed E-state index contributed by atoms with van der Waals surface area (Å²) in [4.78, 5) is 4.53. The summed E-state index contributed by atoms with van der Waals surface area (Å²) in [5.41, 5.74) is 1.32. The van der Waals surface area contributed by atoms with Crippen LogP contribution in [0.1, 0.15) is 30.8 Å². The maximum absolute atomic E-state index is 9.27. The molecule has 4 heteroatoms. The molecule has 3 rings (SSSR count). The third kappa shape index (κ3) is 2.24. The molecule has 3 heterocycles. The maximum Gasteiger partial charge on any atom is 0.111 e. The highest BCUT2D eigenvalue weighted by atomic mass is 16.5. The third-order valence-electron chi connectivity index (χ3n) is 3.96. The number of aliphatic hydroxyl groups excluding tert-OH is 1. The van der Waals surface area contributed by atoms with Crippen LogP contribution < -0.4 is 0 Å². The number of aryl methyl sites for hydroxylation is 1. The number of hydrogen-bond acceptors (Lipinski definition) is 3. The van der Waals surface area contributed by atoms with Crippen LogP contribution in [0.3, 0.4) is 0 Å². The molecule has 1 aromatic heterocycles.